The monoisotopic (exact) mass is 173 g/mol. The van der Waals surface area contributed by atoms with Gasteiger partial charge in [-0.3, -0.25) is 5.41 Å². The quantitative estimate of drug-likeness (QED) is 0.499. The summed E-state index contributed by atoms with van der Waals surface area (Å²) >= 11 is 0. The summed E-state index contributed by atoms with van der Waals surface area (Å²) < 4.78 is 0. The van der Waals surface area contributed by atoms with Crippen LogP contribution in [-0.2, 0) is 0 Å². The summed E-state index contributed by atoms with van der Waals surface area (Å²) in [5.41, 5.74) is 0.783. The van der Waals surface area contributed by atoms with Crippen LogP contribution in [0.15, 0.2) is 40.3 Å². The first-order valence-corrected chi connectivity index (χ1v) is 3.90. The molecule has 66 valence electrons. The zero-order valence-electron chi connectivity index (χ0n) is 7.49. The molecule has 0 saturated carbocycles. The summed E-state index contributed by atoms with van der Waals surface area (Å²) in [7, 11) is 0. The third kappa shape index (κ3) is 2.63. The van der Waals surface area contributed by atoms with Crippen LogP contribution in [0.2, 0.25) is 0 Å². The Hall–Kier alpha value is -1.77. The van der Waals surface area contributed by atoms with E-state index >= 15 is 0 Å². The molecule has 0 aliphatic heterocycles. The number of rotatable bonds is 1. The van der Waals surface area contributed by atoms with E-state index in [2.05, 4.69) is 16.7 Å². The van der Waals surface area contributed by atoms with Crippen LogP contribution in [-0.4, -0.2) is 18.4 Å². The molecule has 0 radical (unpaired) electrons. The molecule has 13 heavy (non-hydrogen) atoms. The van der Waals surface area contributed by atoms with E-state index in [1.54, 1.807) is 6.92 Å². The van der Waals surface area contributed by atoms with Crippen molar-refractivity contribution in [3.63, 3.8) is 0 Å². The van der Waals surface area contributed by atoms with Crippen molar-refractivity contribution in [2.75, 3.05) is 0 Å². The smallest absolute Gasteiger partial charge is 0.153 e. The van der Waals surface area contributed by atoms with Gasteiger partial charge in [0.2, 0.25) is 0 Å². The fourth-order valence-electron chi connectivity index (χ4n) is 0.858. The molecule has 0 aliphatic carbocycles. The first kappa shape index (κ1) is 9.32. The molecule has 1 aromatic carbocycles. The lowest BCUT2D eigenvalue weighted by Crippen LogP contribution is -1.97. The molecule has 1 aromatic rings. The summed E-state index contributed by atoms with van der Waals surface area (Å²) in [6.45, 7) is 5.04. The van der Waals surface area contributed by atoms with Gasteiger partial charge in [0, 0.05) is 5.56 Å². The van der Waals surface area contributed by atoms with Crippen LogP contribution in [0.4, 0.5) is 0 Å². The SMILES string of the molecule is C=NC(C)=NC(=N)c1ccccc1. The second kappa shape index (κ2) is 4.30. The average molecular weight is 173 g/mol. The van der Waals surface area contributed by atoms with Crippen LogP contribution in [0, 0.1) is 5.41 Å². The Morgan fingerprint density at radius 3 is 2.46 bits per heavy atom. The van der Waals surface area contributed by atoms with E-state index in [0.29, 0.717) is 5.84 Å². The molecular weight excluding hydrogens is 162 g/mol. The number of aliphatic imine (C=N–C) groups is 2. The maximum atomic E-state index is 7.59. The summed E-state index contributed by atoms with van der Waals surface area (Å²) in [5, 5.41) is 7.59. The molecule has 0 unspecified atom stereocenters. The molecule has 0 atom stereocenters. The number of benzene rings is 1. The van der Waals surface area contributed by atoms with Gasteiger partial charge in [0.15, 0.2) is 5.84 Å². The van der Waals surface area contributed by atoms with Crippen LogP contribution in [0.25, 0.3) is 0 Å². The lowest BCUT2D eigenvalue weighted by Gasteiger charge is -1.97. The molecule has 0 spiro atoms. The van der Waals surface area contributed by atoms with Crippen LogP contribution in [0.3, 0.4) is 0 Å². The van der Waals surface area contributed by atoms with Crippen LogP contribution < -0.4 is 0 Å². The fraction of sp³-hybridized carbons (Fsp3) is 0.100. The van der Waals surface area contributed by atoms with Crippen molar-refractivity contribution in [2.45, 2.75) is 6.92 Å². The van der Waals surface area contributed by atoms with Gasteiger partial charge >= 0.3 is 0 Å². The second-order valence-electron chi connectivity index (χ2n) is 2.53. The van der Waals surface area contributed by atoms with Gasteiger partial charge in [-0.2, -0.15) is 0 Å². The van der Waals surface area contributed by atoms with E-state index in [4.69, 9.17) is 5.41 Å². The highest BCUT2D eigenvalue weighted by atomic mass is 14.9. The molecule has 0 fully saturated rings. The normalized spacial score (nSPS) is 11.0. The Morgan fingerprint density at radius 1 is 1.31 bits per heavy atom. The molecule has 0 aromatic heterocycles. The summed E-state index contributed by atoms with van der Waals surface area (Å²) in [5.74, 6) is 0.722. The van der Waals surface area contributed by atoms with E-state index in [0.717, 1.165) is 5.56 Å². The van der Waals surface area contributed by atoms with Gasteiger partial charge in [-0.05, 0) is 13.6 Å². The van der Waals surface area contributed by atoms with E-state index in [1.165, 1.54) is 0 Å². The summed E-state index contributed by atoms with van der Waals surface area (Å²) in [6, 6.07) is 9.32. The largest absolute Gasteiger partial charge is 0.282 e. The second-order valence-corrected chi connectivity index (χ2v) is 2.53. The fourth-order valence-corrected chi connectivity index (χ4v) is 0.858. The highest BCUT2D eigenvalue weighted by Gasteiger charge is 1.97. The molecule has 3 nitrogen and oxygen atoms in total. The third-order valence-electron chi connectivity index (χ3n) is 1.55. The summed E-state index contributed by atoms with van der Waals surface area (Å²) in [4.78, 5) is 7.55. The van der Waals surface area contributed by atoms with Gasteiger partial charge in [-0.15, -0.1) is 0 Å². The van der Waals surface area contributed by atoms with Gasteiger partial charge in [-0.25, -0.2) is 9.98 Å². The Bertz CT molecular complexity index is 338. The highest BCUT2D eigenvalue weighted by molar-refractivity contribution is 6.04. The van der Waals surface area contributed by atoms with Crippen molar-refractivity contribution < 1.29 is 0 Å². The molecule has 1 N–H and O–H groups in total. The van der Waals surface area contributed by atoms with Crippen molar-refractivity contribution in [3.05, 3.63) is 35.9 Å². The molecule has 3 heteroatoms. The number of amidine groups is 2. The topological polar surface area (TPSA) is 48.6 Å². The number of hydrogen-bond donors (Lipinski definition) is 1. The third-order valence-corrected chi connectivity index (χ3v) is 1.55. The molecule has 0 amide bonds. The zero-order valence-corrected chi connectivity index (χ0v) is 7.49. The summed E-state index contributed by atoms with van der Waals surface area (Å²) in [6.07, 6.45) is 0. The maximum Gasteiger partial charge on any atom is 0.153 e. The zero-order chi connectivity index (χ0) is 9.68. The van der Waals surface area contributed by atoms with Gasteiger partial charge in [0.05, 0.1) is 0 Å². The minimum Gasteiger partial charge on any atom is -0.282 e. The van der Waals surface area contributed by atoms with Crippen LogP contribution >= 0.6 is 0 Å². The van der Waals surface area contributed by atoms with Gasteiger partial charge in [-0.1, -0.05) is 30.3 Å². The van der Waals surface area contributed by atoms with E-state index < -0.39 is 0 Å². The lowest BCUT2D eigenvalue weighted by molar-refractivity contribution is 1.40. The van der Waals surface area contributed by atoms with Crippen molar-refractivity contribution in [1.29, 1.82) is 5.41 Å². The minimum absolute atomic E-state index is 0.213. The highest BCUT2D eigenvalue weighted by Crippen LogP contribution is 2.00. The number of nitrogens with one attached hydrogen (secondary N) is 1. The van der Waals surface area contributed by atoms with E-state index in [-0.39, 0.29) is 5.84 Å². The maximum absolute atomic E-state index is 7.59. The molecule has 0 aliphatic rings. The average Bonchev–Trinajstić information content (AvgIpc) is 2.19. The van der Waals surface area contributed by atoms with Crippen LogP contribution in [0.5, 0.6) is 0 Å². The first-order chi connectivity index (χ1) is 6.24. The molecule has 1 rings (SSSR count). The van der Waals surface area contributed by atoms with Crippen molar-refractivity contribution in [1.82, 2.24) is 0 Å². The van der Waals surface area contributed by atoms with Crippen molar-refractivity contribution >= 4 is 18.4 Å². The van der Waals surface area contributed by atoms with Gasteiger partial charge < -0.3 is 0 Å². The van der Waals surface area contributed by atoms with E-state index in [9.17, 15) is 0 Å². The predicted molar refractivity (Wildman–Crippen MR) is 55.9 cm³/mol. The Balaban J connectivity index is 2.87. The molecule has 0 heterocycles. The number of nitrogens with zero attached hydrogens (tertiary/aromatic N) is 2. The Morgan fingerprint density at radius 2 is 1.92 bits per heavy atom. The Labute approximate surface area is 77.4 Å². The standard InChI is InChI=1S/C10H11N3/c1-8(12-2)13-10(11)9-6-4-3-5-7-9/h3-7,11H,2H2,1H3. The predicted octanol–water partition coefficient (Wildman–Crippen LogP) is 2.13. The van der Waals surface area contributed by atoms with Crippen molar-refractivity contribution in [3.8, 4) is 0 Å². The molecule has 0 bridgehead atoms. The molecular formula is C10H11N3. The lowest BCUT2D eigenvalue weighted by atomic mass is 10.2. The van der Waals surface area contributed by atoms with E-state index in [1.807, 2.05) is 30.3 Å². The van der Waals surface area contributed by atoms with Crippen molar-refractivity contribution in [2.24, 2.45) is 9.98 Å². The number of hydrogen-bond acceptors (Lipinski definition) is 1. The Kier molecular flexibility index (Phi) is 3.09. The minimum atomic E-state index is 0.213. The first-order valence-electron chi connectivity index (χ1n) is 3.90. The van der Waals surface area contributed by atoms with Gasteiger partial charge in [0.25, 0.3) is 0 Å². The van der Waals surface area contributed by atoms with Gasteiger partial charge in [0.1, 0.15) is 5.84 Å². The molecule has 0 saturated heterocycles. The van der Waals surface area contributed by atoms with Crippen LogP contribution in [0.1, 0.15) is 12.5 Å².